The van der Waals surface area contributed by atoms with Crippen molar-refractivity contribution in [2.45, 2.75) is 26.2 Å². The molecule has 2 aromatic heterocycles. The van der Waals surface area contributed by atoms with Crippen molar-refractivity contribution < 1.29 is 14.7 Å². The first-order chi connectivity index (χ1) is 12.2. The molecule has 0 bridgehead atoms. The number of carboxylic acid groups (broad SMARTS) is 1. The summed E-state index contributed by atoms with van der Waals surface area (Å²) >= 11 is 0. The van der Waals surface area contributed by atoms with Gasteiger partial charge in [0.2, 0.25) is 0 Å². The van der Waals surface area contributed by atoms with E-state index >= 15 is 0 Å². The molecule has 0 saturated heterocycles. The summed E-state index contributed by atoms with van der Waals surface area (Å²) in [7, 11) is 1.97. The lowest BCUT2D eigenvalue weighted by atomic mass is 9.96. The molecule has 0 atom stereocenters. The number of carboxylic acids is 1. The molecule has 26 heavy (non-hydrogen) atoms. The fraction of sp³-hybridized carbons (Fsp3) is 0.278. The first kappa shape index (κ1) is 17.5. The zero-order chi connectivity index (χ0) is 19.1. The first-order valence-corrected chi connectivity index (χ1v) is 8.00. The first-order valence-electron chi connectivity index (χ1n) is 8.00. The number of anilines is 1. The second kappa shape index (κ2) is 6.21. The quantitative estimate of drug-likeness (QED) is 0.749. The second-order valence-corrected chi connectivity index (χ2v) is 6.99. The molecule has 0 spiro atoms. The Bertz CT molecular complexity index is 1000. The molecule has 0 aliphatic heterocycles. The Morgan fingerprint density at radius 1 is 1.12 bits per heavy atom. The number of carbonyl (C=O) groups is 2. The number of benzene rings is 1. The molecule has 0 fully saturated rings. The predicted molar refractivity (Wildman–Crippen MR) is 96.4 cm³/mol. The van der Waals surface area contributed by atoms with E-state index in [2.05, 4.69) is 41.0 Å². The van der Waals surface area contributed by atoms with Crippen LogP contribution in [0.1, 0.15) is 47.6 Å². The summed E-state index contributed by atoms with van der Waals surface area (Å²) in [6, 6.07) is 5.47. The number of carbonyl (C=O) groups excluding carboxylic acids is 1. The van der Waals surface area contributed by atoms with Crippen molar-refractivity contribution in [3.63, 3.8) is 0 Å². The van der Waals surface area contributed by atoms with Crippen LogP contribution in [0.2, 0.25) is 0 Å². The molecule has 2 heterocycles. The number of hydrogen-bond donors (Lipinski definition) is 2. The van der Waals surface area contributed by atoms with Gasteiger partial charge < -0.3 is 15.0 Å². The number of rotatable bonds is 3. The average molecular weight is 353 g/mol. The standard InChI is InChI=1S/C18H19N5O3/c1-18(2,3)17-22-11-7-10(5-6-14(11)23(17)4)21-15(24)12-8-20-13(9-19-12)16(25)26/h5-9H,1-4H3,(H,21,24)(H,25,26). The normalized spacial score (nSPS) is 11.5. The van der Waals surface area contributed by atoms with Crippen LogP contribution in [0.25, 0.3) is 11.0 Å². The molecule has 8 heteroatoms. The van der Waals surface area contributed by atoms with Crippen molar-refractivity contribution in [3.05, 3.63) is 47.8 Å². The number of imidazole rings is 1. The topological polar surface area (TPSA) is 110 Å². The minimum atomic E-state index is -1.19. The van der Waals surface area contributed by atoms with Gasteiger partial charge in [0.25, 0.3) is 5.91 Å². The molecule has 0 saturated carbocycles. The number of fused-ring (bicyclic) bond motifs is 1. The lowest BCUT2D eigenvalue weighted by Crippen LogP contribution is -2.17. The molecular weight excluding hydrogens is 334 g/mol. The monoisotopic (exact) mass is 353 g/mol. The Balaban J connectivity index is 1.86. The SMILES string of the molecule is Cn1c(C(C)(C)C)nc2cc(NC(=O)c3cnc(C(=O)O)cn3)ccc21. The van der Waals surface area contributed by atoms with Gasteiger partial charge in [-0.2, -0.15) is 0 Å². The molecule has 1 aromatic carbocycles. The van der Waals surface area contributed by atoms with Crippen LogP contribution in [0.15, 0.2) is 30.6 Å². The Morgan fingerprint density at radius 3 is 2.35 bits per heavy atom. The highest BCUT2D eigenvalue weighted by molar-refractivity contribution is 6.03. The molecule has 0 radical (unpaired) electrons. The van der Waals surface area contributed by atoms with Gasteiger partial charge in [-0.3, -0.25) is 4.79 Å². The number of amides is 1. The van der Waals surface area contributed by atoms with Gasteiger partial charge >= 0.3 is 5.97 Å². The number of aromatic carboxylic acids is 1. The van der Waals surface area contributed by atoms with E-state index in [9.17, 15) is 9.59 Å². The van der Waals surface area contributed by atoms with Crippen LogP contribution in [-0.2, 0) is 12.5 Å². The molecule has 0 aliphatic carbocycles. The largest absolute Gasteiger partial charge is 0.476 e. The third kappa shape index (κ3) is 3.26. The Labute approximate surface area is 149 Å². The summed E-state index contributed by atoms with van der Waals surface area (Å²) < 4.78 is 2.04. The summed E-state index contributed by atoms with van der Waals surface area (Å²) in [4.78, 5) is 35.3. The number of hydrogen-bond acceptors (Lipinski definition) is 5. The molecule has 1 amide bonds. The van der Waals surface area contributed by atoms with Gasteiger partial charge in [-0.25, -0.2) is 19.7 Å². The predicted octanol–water partition coefficient (Wildman–Crippen LogP) is 2.61. The van der Waals surface area contributed by atoms with Crippen molar-refractivity contribution in [2.24, 2.45) is 7.05 Å². The molecule has 3 aromatic rings. The van der Waals surface area contributed by atoms with E-state index in [1.165, 1.54) is 0 Å². The minimum absolute atomic E-state index is 0.0338. The zero-order valence-electron chi connectivity index (χ0n) is 14.9. The van der Waals surface area contributed by atoms with Crippen LogP contribution < -0.4 is 5.32 Å². The molecule has 8 nitrogen and oxygen atoms in total. The lowest BCUT2D eigenvalue weighted by Gasteiger charge is -2.17. The van der Waals surface area contributed by atoms with Crippen LogP contribution >= 0.6 is 0 Å². The van der Waals surface area contributed by atoms with Crippen LogP contribution in [0, 0.1) is 0 Å². The summed E-state index contributed by atoms with van der Waals surface area (Å²) in [6.07, 6.45) is 2.19. The summed E-state index contributed by atoms with van der Waals surface area (Å²) in [6.45, 7) is 6.28. The second-order valence-electron chi connectivity index (χ2n) is 6.99. The highest BCUT2D eigenvalue weighted by atomic mass is 16.4. The van der Waals surface area contributed by atoms with Crippen molar-refractivity contribution >= 4 is 28.6 Å². The zero-order valence-corrected chi connectivity index (χ0v) is 14.9. The van der Waals surface area contributed by atoms with E-state index in [-0.39, 0.29) is 16.8 Å². The Hall–Kier alpha value is -3.29. The van der Waals surface area contributed by atoms with Gasteiger partial charge in [-0.15, -0.1) is 0 Å². The van der Waals surface area contributed by atoms with E-state index < -0.39 is 11.9 Å². The van der Waals surface area contributed by atoms with E-state index in [0.29, 0.717) is 5.69 Å². The van der Waals surface area contributed by atoms with Gasteiger partial charge in [-0.1, -0.05) is 20.8 Å². The number of nitrogens with one attached hydrogen (secondary N) is 1. The molecule has 3 rings (SSSR count). The van der Waals surface area contributed by atoms with Gasteiger partial charge in [0.1, 0.15) is 11.5 Å². The van der Waals surface area contributed by atoms with Crippen molar-refractivity contribution in [3.8, 4) is 0 Å². The van der Waals surface area contributed by atoms with E-state index in [1.54, 1.807) is 12.1 Å². The van der Waals surface area contributed by atoms with Gasteiger partial charge in [0, 0.05) is 18.2 Å². The van der Waals surface area contributed by atoms with Gasteiger partial charge in [0.05, 0.1) is 23.4 Å². The number of aryl methyl sites for hydroxylation is 1. The van der Waals surface area contributed by atoms with Crippen molar-refractivity contribution in [1.29, 1.82) is 0 Å². The lowest BCUT2D eigenvalue weighted by molar-refractivity contribution is 0.0689. The van der Waals surface area contributed by atoms with Gasteiger partial charge in [-0.05, 0) is 18.2 Å². The molecular formula is C18H19N5O3. The third-order valence-electron chi connectivity index (χ3n) is 3.91. The minimum Gasteiger partial charge on any atom is -0.476 e. The van der Waals surface area contributed by atoms with E-state index in [0.717, 1.165) is 29.3 Å². The highest BCUT2D eigenvalue weighted by Gasteiger charge is 2.21. The summed E-state index contributed by atoms with van der Waals surface area (Å²) in [5, 5.41) is 11.5. The fourth-order valence-electron chi connectivity index (χ4n) is 2.70. The number of nitrogens with zero attached hydrogens (tertiary/aromatic N) is 4. The third-order valence-corrected chi connectivity index (χ3v) is 3.91. The number of aromatic nitrogens is 4. The smallest absolute Gasteiger partial charge is 0.356 e. The summed E-state index contributed by atoms with van der Waals surface area (Å²) in [5.74, 6) is -0.716. The highest BCUT2D eigenvalue weighted by Crippen LogP contribution is 2.27. The Kier molecular flexibility index (Phi) is 4.19. The van der Waals surface area contributed by atoms with E-state index in [1.807, 2.05) is 17.7 Å². The fourth-order valence-corrected chi connectivity index (χ4v) is 2.70. The maximum absolute atomic E-state index is 12.3. The van der Waals surface area contributed by atoms with Gasteiger partial charge in [0.15, 0.2) is 5.69 Å². The van der Waals surface area contributed by atoms with E-state index in [4.69, 9.17) is 5.11 Å². The average Bonchev–Trinajstić information content (AvgIpc) is 2.91. The molecule has 0 unspecified atom stereocenters. The van der Waals surface area contributed by atoms with Crippen molar-refractivity contribution in [2.75, 3.05) is 5.32 Å². The summed E-state index contributed by atoms with van der Waals surface area (Å²) in [5.41, 5.74) is 2.04. The van der Waals surface area contributed by atoms with Crippen molar-refractivity contribution in [1.82, 2.24) is 19.5 Å². The van der Waals surface area contributed by atoms with Crippen LogP contribution in [0.4, 0.5) is 5.69 Å². The maximum atomic E-state index is 12.3. The maximum Gasteiger partial charge on any atom is 0.356 e. The molecule has 134 valence electrons. The molecule has 0 aliphatic rings. The molecule has 2 N–H and O–H groups in total. The van der Waals surface area contributed by atoms with Crippen LogP contribution in [0.3, 0.4) is 0 Å². The Morgan fingerprint density at radius 2 is 1.77 bits per heavy atom. The van der Waals surface area contributed by atoms with Crippen LogP contribution in [-0.4, -0.2) is 36.5 Å². The van der Waals surface area contributed by atoms with Crippen LogP contribution in [0.5, 0.6) is 0 Å².